The number of hydrogen-bond acceptors (Lipinski definition) is 10. The maximum absolute atomic E-state index is 11.8. The Kier molecular flexibility index (Phi) is 10.3. The molecular formula is C52H55N7O3S. The molecule has 4 aliphatic heterocycles. The standard InChI is InChI=1S/C52H55N7O3S/c1-32-33(2)63-51-47(32)49(54-45(28-46-53-23-26-62-46)50-56-55-34(3)59(50)51)38-11-16-41(17-12-38)58-30-52(61,31-58)29-35-21-24-57(25-22-35)40-14-9-37(10-15-40)48-43(36-7-5-4-6-8-36)19-13-39-27-42(60)18-20-44(39)48/h4-12,14-18,20,23,26-27,35,43,45,47-48,51,60-61H,13,19,21-22,24-25,28-31H2,1-3H3/t43-,45+,47?,48+,51?/m1/s1. The van der Waals surface area contributed by atoms with Crippen molar-refractivity contribution in [3.63, 3.8) is 0 Å². The molecule has 0 radical (unpaired) electrons. The molecule has 2 saturated heterocycles. The van der Waals surface area contributed by atoms with E-state index in [1.54, 1.807) is 12.5 Å². The molecule has 4 aromatic carbocycles. The molecule has 63 heavy (non-hydrogen) atoms. The summed E-state index contributed by atoms with van der Waals surface area (Å²) in [5, 5.41) is 31.3. The molecule has 11 heteroatoms. The van der Waals surface area contributed by atoms with E-state index in [2.05, 4.69) is 128 Å². The number of phenols is 1. The average Bonchev–Trinajstić information content (AvgIpc) is 4.01. The van der Waals surface area contributed by atoms with E-state index in [-0.39, 0.29) is 23.3 Å². The number of benzene rings is 4. The lowest BCUT2D eigenvalue weighted by Crippen LogP contribution is -2.63. The van der Waals surface area contributed by atoms with E-state index >= 15 is 0 Å². The van der Waals surface area contributed by atoms with Crippen LogP contribution >= 0.6 is 11.8 Å². The van der Waals surface area contributed by atoms with Gasteiger partial charge >= 0.3 is 0 Å². The Hall–Kier alpha value is -5.65. The topological polar surface area (TPSA) is 116 Å². The summed E-state index contributed by atoms with van der Waals surface area (Å²) in [6, 6.07) is 34.7. The van der Waals surface area contributed by atoms with Crippen LogP contribution in [0.5, 0.6) is 5.75 Å². The van der Waals surface area contributed by atoms with Crippen LogP contribution in [-0.2, 0) is 12.8 Å². The number of aliphatic imine (C=N–C) groups is 1. The van der Waals surface area contributed by atoms with Gasteiger partial charge in [0.2, 0.25) is 0 Å². The summed E-state index contributed by atoms with van der Waals surface area (Å²) >= 11 is 1.88. The monoisotopic (exact) mass is 857 g/mol. The van der Waals surface area contributed by atoms with Crippen LogP contribution in [0, 0.1) is 18.8 Å². The van der Waals surface area contributed by atoms with Crippen LogP contribution in [0.25, 0.3) is 0 Å². The van der Waals surface area contributed by atoms with Crippen molar-refractivity contribution in [2.24, 2.45) is 16.8 Å². The van der Waals surface area contributed by atoms with Gasteiger partial charge in [0.15, 0.2) is 11.7 Å². The van der Waals surface area contributed by atoms with E-state index in [9.17, 15) is 10.2 Å². The van der Waals surface area contributed by atoms with Crippen molar-refractivity contribution in [3.05, 3.63) is 165 Å². The van der Waals surface area contributed by atoms with Crippen molar-refractivity contribution in [3.8, 4) is 5.75 Å². The maximum atomic E-state index is 11.8. The van der Waals surface area contributed by atoms with Crippen LogP contribution in [0.1, 0.15) is 108 Å². The highest BCUT2D eigenvalue weighted by atomic mass is 32.2. The van der Waals surface area contributed by atoms with Gasteiger partial charge in [-0.3, -0.25) is 9.56 Å². The lowest BCUT2D eigenvalue weighted by molar-refractivity contribution is -0.0133. The third-order valence-electron chi connectivity index (χ3n) is 14.7. The highest BCUT2D eigenvalue weighted by molar-refractivity contribution is 8.03. The van der Waals surface area contributed by atoms with E-state index in [0.717, 1.165) is 73.8 Å². The van der Waals surface area contributed by atoms with Crippen LogP contribution in [0.3, 0.4) is 0 Å². The van der Waals surface area contributed by atoms with Gasteiger partial charge in [0.25, 0.3) is 0 Å². The lowest BCUT2D eigenvalue weighted by atomic mass is 9.69. The number of β-amino-alcohol motifs (C(OH)–C–C–N with tert-alkyl or cyclic N) is 1. The van der Waals surface area contributed by atoms with E-state index in [0.29, 0.717) is 43.0 Å². The molecule has 5 atom stereocenters. The Morgan fingerprint density at radius 1 is 0.810 bits per heavy atom. The molecule has 1 aliphatic carbocycles. The first kappa shape index (κ1) is 40.1. The number of nitrogens with zero attached hydrogens (tertiary/aromatic N) is 7. The minimum atomic E-state index is -0.673. The number of anilines is 2. The van der Waals surface area contributed by atoms with Crippen LogP contribution < -0.4 is 9.80 Å². The number of aryl methyl sites for hydroxylation is 2. The SMILES string of the molecule is CC1=C(C)C2C(c3ccc(N4CC(O)(CC5CCN(c6ccc([C@@H]7c8ccc(O)cc8CC[C@@H]7c7ccccc7)cc6)CC5)C4)cc3)=N[C@@H](Cc3ncco3)c3nnc(C)n3C2S1. The van der Waals surface area contributed by atoms with Gasteiger partial charge in [0.05, 0.1) is 35.2 Å². The second kappa shape index (κ2) is 16.2. The number of piperidine rings is 1. The molecule has 322 valence electrons. The van der Waals surface area contributed by atoms with Crippen molar-refractivity contribution in [1.29, 1.82) is 0 Å². The number of fused-ring (bicyclic) bond motifs is 4. The Labute approximate surface area is 373 Å². The second-order valence-corrected chi connectivity index (χ2v) is 20.0. The maximum Gasteiger partial charge on any atom is 0.196 e. The number of aromatic nitrogens is 4. The number of allylic oxidation sites excluding steroid dienone is 2. The van der Waals surface area contributed by atoms with Crippen molar-refractivity contribution in [1.82, 2.24) is 19.7 Å². The predicted octanol–water partition coefficient (Wildman–Crippen LogP) is 9.94. The molecule has 5 aliphatic rings. The zero-order chi connectivity index (χ0) is 42.8. The first-order chi connectivity index (χ1) is 30.7. The molecule has 2 fully saturated rings. The summed E-state index contributed by atoms with van der Waals surface area (Å²) in [5.41, 5.74) is 10.5. The van der Waals surface area contributed by atoms with Gasteiger partial charge in [-0.2, -0.15) is 0 Å². The number of aromatic hydroxyl groups is 1. The van der Waals surface area contributed by atoms with Crippen LogP contribution in [0.2, 0.25) is 0 Å². The summed E-state index contributed by atoms with van der Waals surface area (Å²) in [6.45, 7) is 9.77. The quantitative estimate of drug-likeness (QED) is 0.147. The molecule has 0 amide bonds. The summed E-state index contributed by atoms with van der Waals surface area (Å²) in [6.07, 6.45) is 8.83. The molecule has 6 aromatic rings. The normalized spacial score (nSPS) is 24.3. The van der Waals surface area contributed by atoms with Crippen molar-refractivity contribution >= 4 is 28.8 Å². The molecule has 2 unspecified atom stereocenters. The van der Waals surface area contributed by atoms with Gasteiger partial charge < -0.3 is 24.4 Å². The van der Waals surface area contributed by atoms with Gasteiger partial charge in [0, 0.05) is 43.5 Å². The summed E-state index contributed by atoms with van der Waals surface area (Å²) in [7, 11) is 0. The van der Waals surface area contributed by atoms with Crippen LogP contribution in [0.4, 0.5) is 11.4 Å². The molecule has 10 nitrogen and oxygen atoms in total. The minimum absolute atomic E-state index is 0.0908. The Bertz CT molecular complexity index is 2660. The highest BCUT2D eigenvalue weighted by Crippen LogP contribution is 2.53. The number of phenolic OH excluding ortho intramolecular Hbond substituents is 1. The average molecular weight is 858 g/mol. The summed E-state index contributed by atoms with van der Waals surface area (Å²) < 4.78 is 7.96. The van der Waals surface area contributed by atoms with Crippen molar-refractivity contribution in [2.75, 3.05) is 36.0 Å². The number of aliphatic hydroxyl groups is 1. The van der Waals surface area contributed by atoms with E-state index in [1.807, 2.05) is 30.8 Å². The largest absolute Gasteiger partial charge is 0.508 e. The Morgan fingerprint density at radius 2 is 1.56 bits per heavy atom. The molecule has 2 aromatic heterocycles. The molecule has 2 N–H and O–H groups in total. The van der Waals surface area contributed by atoms with Gasteiger partial charge in [-0.05, 0) is 134 Å². The Morgan fingerprint density at radius 3 is 2.30 bits per heavy atom. The van der Waals surface area contributed by atoms with Crippen molar-refractivity contribution < 1.29 is 14.6 Å². The number of thioether (sulfide) groups is 1. The molecule has 0 spiro atoms. The number of oxazole rings is 1. The fraction of sp³-hybridized carbons (Fsp3) is 0.385. The van der Waals surface area contributed by atoms with Crippen LogP contribution in [-0.4, -0.2) is 67.5 Å². The molecule has 11 rings (SSSR count). The lowest BCUT2D eigenvalue weighted by Gasteiger charge is -2.50. The van der Waals surface area contributed by atoms with E-state index < -0.39 is 5.60 Å². The third-order valence-corrected chi connectivity index (χ3v) is 16.1. The first-order valence-electron chi connectivity index (χ1n) is 22.7. The summed E-state index contributed by atoms with van der Waals surface area (Å²) in [4.78, 5) is 16.0. The van der Waals surface area contributed by atoms with Crippen LogP contribution in [0.15, 0.2) is 129 Å². The zero-order valence-electron chi connectivity index (χ0n) is 36.3. The van der Waals surface area contributed by atoms with Gasteiger partial charge in [-0.1, -0.05) is 66.2 Å². The smallest absolute Gasteiger partial charge is 0.196 e. The van der Waals surface area contributed by atoms with Crippen molar-refractivity contribution in [2.45, 2.75) is 88.1 Å². The second-order valence-electron chi connectivity index (χ2n) is 18.6. The molecular weight excluding hydrogens is 803 g/mol. The van der Waals surface area contributed by atoms with E-state index in [1.165, 1.54) is 38.4 Å². The molecule has 0 saturated carbocycles. The summed E-state index contributed by atoms with van der Waals surface area (Å²) in [5.74, 6) is 3.96. The fourth-order valence-electron chi connectivity index (χ4n) is 11.4. The minimum Gasteiger partial charge on any atom is -0.508 e. The third kappa shape index (κ3) is 7.46. The van der Waals surface area contributed by atoms with Gasteiger partial charge in [-0.25, -0.2) is 4.98 Å². The Balaban J connectivity index is 0.734. The first-order valence-corrected chi connectivity index (χ1v) is 23.6. The predicted molar refractivity (Wildman–Crippen MR) is 250 cm³/mol. The van der Waals surface area contributed by atoms with Gasteiger partial charge in [-0.15, -0.1) is 22.0 Å². The number of hydrogen-bond donors (Lipinski definition) is 2. The zero-order valence-corrected chi connectivity index (χ0v) is 37.1. The highest BCUT2D eigenvalue weighted by Gasteiger charge is 2.45. The van der Waals surface area contributed by atoms with E-state index in [4.69, 9.17) is 9.41 Å². The van der Waals surface area contributed by atoms with Gasteiger partial charge in [0.1, 0.15) is 23.9 Å². The molecule has 0 bridgehead atoms. The fourth-order valence-corrected chi connectivity index (χ4v) is 12.9. The molecule has 6 heterocycles. The number of rotatable bonds is 9.